The molecular weight excluding hydrogens is 552 g/mol. The lowest BCUT2D eigenvalue weighted by molar-refractivity contribution is 0.0984. The molecule has 0 fully saturated rings. The van der Waals surface area contributed by atoms with Gasteiger partial charge in [0.25, 0.3) is 15.9 Å². The molecule has 0 bridgehead atoms. The fourth-order valence-electron chi connectivity index (χ4n) is 4.28. The first-order valence-corrected chi connectivity index (χ1v) is 14.9. The number of hydrogen-bond donors (Lipinski definition) is 0. The molecule has 0 unspecified atom stereocenters. The lowest BCUT2D eigenvalue weighted by Gasteiger charge is -2.23. The van der Waals surface area contributed by atoms with Crippen molar-refractivity contribution < 1.29 is 13.2 Å². The fraction of sp³-hybridized carbons (Fsp3) is 0.138. The maximum Gasteiger partial charge on any atom is 0.264 e. The van der Waals surface area contributed by atoms with Crippen molar-refractivity contribution in [3.05, 3.63) is 113 Å². The van der Waals surface area contributed by atoms with Gasteiger partial charge in [-0.05, 0) is 80.1 Å². The Kier molecular flexibility index (Phi) is 7.65. The standard InChI is InChI=1S/C29H25ClN4O3S2/c1-3-34(24-10-5-4-6-11-24)39(36,37)25-14-12-21(13-15-25)28(35)33(19-23-9-7-8-16-31-23)29-32-27-20(2)17-22(30)18-26(27)38-29/h4-18H,3,19H2,1-2H3. The summed E-state index contributed by atoms with van der Waals surface area (Å²) < 4.78 is 29.0. The van der Waals surface area contributed by atoms with Gasteiger partial charge in [0, 0.05) is 23.3 Å². The van der Waals surface area contributed by atoms with E-state index in [2.05, 4.69) is 4.98 Å². The number of nitrogens with zero attached hydrogens (tertiary/aromatic N) is 4. The molecule has 3 aromatic carbocycles. The minimum atomic E-state index is -3.82. The molecule has 2 aromatic heterocycles. The highest BCUT2D eigenvalue weighted by molar-refractivity contribution is 7.92. The molecule has 0 aliphatic heterocycles. The molecule has 5 rings (SSSR count). The average molecular weight is 577 g/mol. The van der Waals surface area contributed by atoms with Gasteiger partial charge in [-0.2, -0.15) is 0 Å². The number of carbonyl (C=O) groups is 1. The average Bonchev–Trinajstić information content (AvgIpc) is 3.37. The van der Waals surface area contributed by atoms with Crippen LogP contribution in [0.5, 0.6) is 0 Å². The maximum atomic E-state index is 13.8. The predicted octanol–water partition coefficient (Wildman–Crippen LogP) is 6.72. The minimum absolute atomic E-state index is 0.103. The first kappa shape index (κ1) is 26.8. The van der Waals surface area contributed by atoms with Crippen molar-refractivity contribution in [1.29, 1.82) is 0 Å². The molecule has 39 heavy (non-hydrogen) atoms. The van der Waals surface area contributed by atoms with Crippen LogP contribution in [0.1, 0.15) is 28.5 Å². The molecule has 5 aromatic rings. The van der Waals surface area contributed by atoms with Crippen LogP contribution in [0.4, 0.5) is 10.8 Å². The monoisotopic (exact) mass is 576 g/mol. The van der Waals surface area contributed by atoms with E-state index in [4.69, 9.17) is 16.6 Å². The number of aromatic nitrogens is 2. The van der Waals surface area contributed by atoms with Gasteiger partial charge in [0.2, 0.25) is 0 Å². The van der Waals surface area contributed by atoms with Crippen LogP contribution in [0.3, 0.4) is 0 Å². The number of fused-ring (bicyclic) bond motifs is 1. The van der Waals surface area contributed by atoms with Gasteiger partial charge < -0.3 is 0 Å². The van der Waals surface area contributed by atoms with E-state index in [0.29, 0.717) is 27.1 Å². The molecule has 1 amide bonds. The number of thiazole rings is 1. The number of aryl methyl sites for hydroxylation is 1. The SMILES string of the molecule is CCN(c1ccccc1)S(=O)(=O)c1ccc(C(=O)N(Cc2ccccn2)c2nc3c(C)cc(Cl)cc3s2)cc1. The first-order valence-electron chi connectivity index (χ1n) is 12.2. The van der Waals surface area contributed by atoms with E-state index < -0.39 is 10.0 Å². The van der Waals surface area contributed by atoms with Crippen LogP contribution in [-0.4, -0.2) is 30.8 Å². The topological polar surface area (TPSA) is 83.5 Å². The third kappa shape index (κ3) is 5.52. The van der Waals surface area contributed by atoms with Crippen molar-refractivity contribution in [2.75, 3.05) is 15.7 Å². The molecule has 10 heteroatoms. The first-order chi connectivity index (χ1) is 18.8. The van der Waals surface area contributed by atoms with Crippen molar-refractivity contribution in [1.82, 2.24) is 9.97 Å². The smallest absolute Gasteiger partial charge is 0.264 e. The van der Waals surface area contributed by atoms with Gasteiger partial charge in [-0.25, -0.2) is 13.4 Å². The summed E-state index contributed by atoms with van der Waals surface area (Å²) in [4.78, 5) is 24.6. The Morgan fingerprint density at radius 3 is 2.36 bits per heavy atom. The summed E-state index contributed by atoms with van der Waals surface area (Å²) in [6, 6.07) is 24.1. The summed E-state index contributed by atoms with van der Waals surface area (Å²) in [7, 11) is -3.82. The van der Waals surface area contributed by atoms with Gasteiger partial charge in [-0.15, -0.1) is 0 Å². The molecule has 198 valence electrons. The van der Waals surface area contributed by atoms with Crippen LogP contribution >= 0.6 is 22.9 Å². The van der Waals surface area contributed by atoms with E-state index in [-0.39, 0.29) is 23.9 Å². The Hall–Kier alpha value is -3.79. The Labute approximate surface area is 236 Å². The maximum absolute atomic E-state index is 13.8. The molecule has 0 aliphatic carbocycles. The summed E-state index contributed by atoms with van der Waals surface area (Å²) in [6.07, 6.45) is 1.67. The number of hydrogen-bond acceptors (Lipinski definition) is 6. The van der Waals surface area contributed by atoms with Gasteiger partial charge >= 0.3 is 0 Å². The summed E-state index contributed by atoms with van der Waals surface area (Å²) in [5, 5.41) is 1.11. The molecule has 0 N–H and O–H groups in total. The Morgan fingerprint density at radius 2 is 1.69 bits per heavy atom. The second-order valence-electron chi connectivity index (χ2n) is 8.81. The van der Waals surface area contributed by atoms with E-state index in [0.717, 1.165) is 15.8 Å². The number of pyridine rings is 1. The lowest BCUT2D eigenvalue weighted by Crippen LogP contribution is -2.32. The van der Waals surface area contributed by atoms with Crippen LogP contribution in [0, 0.1) is 6.92 Å². The lowest BCUT2D eigenvalue weighted by atomic mass is 10.2. The summed E-state index contributed by atoms with van der Waals surface area (Å²) >= 11 is 7.63. The van der Waals surface area contributed by atoms with Gasteiger partial charge in [0.1, 0.15) is 0 Å². The van der Waals surface area contributed by atoms with Crippen molar-refractivity contribution in [2.24, 2.45) is 0 Å². The van der Waals surface area contributed by atoms with Gasteiger partial charge in [0.05, 0.1) is 33.0 Å². The number of anilines is 2. The number of carbonyl (C=O) groups excluding carboxylic acids is 1. The molecule has 0 saturated carbocycles. The Bertz CT molecular complexity index is 1730. The number of para-hydroxylation sites is 1. The zero-order chi connectivity index (χ0) is 27.6. The van der Waals surface area contributed by atoms with Crippen LogP contribution < -0.4 is 9.21 Å². The van der Waals surface area contributed by atoms with E-state index in [9.17, 15) is 13.2 Å². The molecule has 0 spiro atoms. The minimum Gasteiger partial charge on any atom is -0.278 e. The predicted molar refractivity (Wildman–Crippen MR) is 157 cm³/mol. The number of amides is 1. The van der Waals surface area contributed by atoms with Crippen LogP contribution in [0.15, 0.2) is 96.0 Å². The second kappa shape index (κ2) is 11.1. The third-order valence-corrected chi connectivity index (χ3v) is 9.34. The zero-order valence-corrected chi connectivity index (χ0v) is 23.7. The summed E-state index contributed by atoms with van der Waals surface area (Å²) in [5.41, 5.74) is 3.30. The van der Waals surface area contributed by atoms with Gasteiger partial charge in [-0.3, -0.25) is 19.0 Å². The fourth-order valence-corrected chi connectivity index (χ4v) is 7.17. The highest BCUT2D eigenvalue weighted by atomic mass is 35.5. The molecule has 0 aliphatic rings. The highest BCUT2D eigenvalue weighted by Crippen LogP contribution is 2.34. The quantitative estimate of drug-likeness (QED) is 0.205. The number of sulfonamides is 1. The van der Waals surface area contributed by atoms with Crippen molar-refractivity contribution in [3.8, 4) is 0 Å². The molecule has 2 heterocycles. The number of benzene rings is 3. The van der Waals surface area contributed by atoms with E-state index in [1.165, 1.54) is 39.9 Å². The van der Waals surface area contributed by atoms with E-state index >= 15 is 0 Å². The Balaban J connectivity index is 1.50. The van der Waals surface area contributed by atoms with E-state index in [1.54, 1.807) is 42.3 Å². The largest absolute Gasteiger partial charge is 0.278 e. The molecule has 7 nitrogen and oxygen atoms in total. The van der Waals surface area contributed by atoms with Crippen LogP contribution in [-0.2, 0) is 16.6 Å². The molecule has 0 atom stereocenters. The van der Waals surface area contributed by atoms with Gasteiger partial charge in [0.15, 0.2) is 5.13 Å². The van der Waals surface area contributed by atoms with Crippen LogP contribution in [0.2, 0.25) is 5.02 Å². The van der Waals surface area contributed by atoms with Crippen molar-refractivity contribution >= 4 is 59.9 Å². The molecular formula is C29H25ClN4O3S2. The molecule has 0 saturated heterocycles. The van der Waals surface area contributed by atoms with Crippen LogP contribution in [0.25, 0.3) is 10.2 Å². The highest BCUT2D eigenvalue weighted by Gasteiger charge is 2.26. The molecule has 0 radical (unpaired) electrons. The third-order valence-electron chi connectivity index (χ3n) is 6.18. The number of halogens is 1. The van der Waals surface area contributed by atoms with E-state index in [1.807, 2.05) is 43.3 Å². The Morgan fingerprint density at radius 1 is 0.974 bits per heavy atom. The zero-order valence-electron chi connectivity index (χ0n) is 21.3. The van der Waals surface area contributed by atoms with Gasteiger partial charge in [-0.1, -0.05) is 47.2 Å². The number of rotatable bonds is 8. The normalized spacial score (nSPS) is 11.5. The summed E-state index contributed by atoms with van der Waals surface area (Å²) in [6.45, 7) is 4.18. The van der Waals surface area contributed by atoms with Crippen molar-refractivity contribution in [2.45, 2.75) is 25.3 Å². The van der Waals surface area contributed by atoms with Crippen molar-refractivity contribution in [3.63, 3.8) is 0 Å². The summed E-state index contributed by atoms with van der Waals surface area (Å²) in [5.74, 6) is -0.317. The second-order valence-corrected chi connectivity index (χ2v) is 12.1.